The van der Waals surface area contributed by atoms with Crippen LogP contribution in [0.5, 0.6) is 0 Å². The summed E-state index contributed by atoms with van der Waals surface area (Å²) < 4.78 is 31.4. The van der Waals surface area contributed by atoms with E-state index in [1.165, 1.54) is 31.4 Å². The number of amides is 1. The van der Waals surface area contributed by atoms with Gasteiger partial charge < -0.3 is 4.74 Å². The van der Waals surface area contributed by atoms with Crippen LogP contribution >= 0.6 is 11.3 Å². The first-order valence-electron chi connectivity index (χ1n) is 6.50. The van der Waals surface area contributed by atoms with E-state index in [9.17, 15) is 13.2 Å². The average Bonchev–Trinajstić information content (AvgIpc) is 2.87. The monoisotopic (exact) mass is 340 g/mol. The van der Waals surface area contributed by atoms with Gasteiger partial charge in [-0.2, -0.15) is 0 Å². The third-order valence-electron chi connectivity index (χ3n) is 2.86. The molecule has 1 aromatic heterocycles. The first-order valence-corrected chi connectivity index (χ1v) is 8.87. The largest absolute Gasteiger partial charge is 0.383 e. The maximum absolute atomic E-state index is 11.8. The highest BCUT2D eigenvalue weighted by Crippen LogP contribution is 2.22. The molecular formula is C14H16N2O4S2. The highest BCUT2D eigenvalue weighted by atomic mass is 32.2. The zero-order chi connectivity index (χ0) is 16.2. The summed E-state index contributed by atoms with van der Waals surface area (Å²) in [5.74, 6) is -0.706. The van der Waals surface area contributed by atoms with Crippen molar-refractivity contribution in [2.75, 3.05) is 13.7 Å². The summed E-state index contributed by atoms with van der Waals surface area (Å²) in [4.78, 5) is 16.0. The molecular weight excluding hydrogens is 324 g/mol. The lowest BCUT2D eigenvalue weighted by molar-refractivity contribution is -0.114. The Labute approximate surface area is 132 Å². The molecule has 0 spiro atoms. The Hall–Kier alpha value is -1.77. The lowest BCUT2D eigenvalue weighted by Crippen LogP contribution is -2.38. The number of thiazole rings is 1. The highest BCUT2D eigenvalue weighted by molar-refractivity contribution is 7.90. The van der Waals surface area contributed by atoms with Crippen molar-refractivity contribution in [3.63, 3.8) is 0 Å². The topological polar surface area (TPSA) is 85.4 Å². The number of fused-ring (bicyclic) bond motifs is 1. The third-order valence-corrected chi connectivity index (χ3v) is 5.54. The Balaban J connectivity index is 2.05. The number of sulfonamides is 1. The van der Waals surface area contributed by atoms with Crippen LogP contribution in [0, 0.1) is 0 Å². The second-order valence-electron chi connectivity index (χ2n) is 4.63. The van der Waals surface area contributed by atoms with Crippen LogP contribution in [0.25, 0.3) is 16.3 Å². The van der Waals surface area contributed by atoms with Gasteiger partial charge in [0.25, 0.3) is 5.91 Å². The van der Waals surface area contributed by atoms with Crippen LogP contribution in [-0.2, 0) is 19.6 Å². The fraction of sp³-hybridized carbons (Fsp3) is 0.286. The van der Waals surface area contributed by atoms with Crippen LogP contribution in [0.3, 0.4) is 0 Å². The summed E-state index contributed by atoms with van der Waals surface area (Å²) >= 11 is 1.42. The number of hydrogen-bond donors (Lipinski definition) is 1. The Morgan fingerprint density at radius 3 is 2.86 bits per heavy atom. The van der Waals surface area contributed by atoms with E-state index >= 15 is 0 Å². The lowest BCUT2D eigenvalue weighted by Gasteiger charge is -2.11. The molecule has 118 valence electrons. The third kappa shape index (κ3) is 4.12. The van der Waals surface area contributed by atoms with Gasteiger partial charge in [0.1, 0.15) is 10.3 Å². The van der Waals surface area contributed by atoms with E-state index in [4.69, 9.17) is 4.74 Å². The lowest BCUT2D eigenvalue weighted by atomic mass is 10.3. The van der Waals surface area contributed by atoms with Gasteiger partial charge in [-0.1, -0.05) is 12.1 Å². The molecule has 0 aliphatic heterocycles. The van der Waals surface area contributed by atoms with Gasteiger partial charge in [0.05, 0.1) is 16.8 Å². The van der Waals surface area contributed by atoms with E-state index in [2.05, 4.69) is 4.98 Å². The van der Waals surface area contributed by atoms with E-state index in [1.807, 2.05) is 29.0 Å². The molecule has 2 aromatic rings. The smallest absolute Gasteiger partial charge is 0.257 e. The maximum Gasteiger partial charge on any atom is 0.257 e. The minimum Gasteiger partial charge on any atom is -0.383 e. The fourth-order valence-electron chi connectivity index (χ4n) is 1.71. The molecule has 2 rings (SSSR count). The van der Waals surface area contributed by atoms with Gasteiger partial charge in [0.2, 0.25) is 10.0 Å². The summed E-state index contributed by atoms with van der Waals surface area (Å²) in [6.45, 7) is 1.49. The van der Waals surface area contributed by atoms with Gasteiger partial charge in [-0.15, -0.1) is 11.3 Å². The van der Waals surface area contributed by atoms with Gasteiger partial charge in [-0.05, 0) is 25.1 Å². The standard InChI is InChI=1S/C14H16N2O4S2/c1-10(9-20-2)22(18,19)16-13(17)7-8-14-15-11-5-3-4-6-12(11)21-14/h3-8,10H,9H2,1-2H3,(H,16,17)/b8-7+. The predicted octanol–water partition coefficient (Wildman–Crippen LogP) is 1.79. The molecule has 1 heterocycles. The summed E-state index contributed by atoms with van der Waals surface area (Å²) in [6, 6.07) is 7.60. The molecule has 1 amide bonds. The Morgan fingerprint density at radius 1 is 1.45 bits per heavy atom. The summed E-state index contributed by atoms with van der Waals surface area (Å²) in [5, 5.41) is -0.170. The number of benzene rings is 1. The molecule has 0 saturated carbocycles. The van der Waals surface area contributed by atoms with Crippen LogP contribution in [0.15, 0.2) is 30.3 Å². The highest BCUT2D eigenvalue weighted by Gasteiger charge is 2.21. The summed E-state index contributed by atoms with van der Waals surface area (Å²) in [5.41, 5.74) is 0.842. The second-order valence-corrected chi connectivity index (χ2v) is 7.79. The van der Waals surface area contributed by atoms with Crippen molar-refractivity contribution >= 4 is 43.6 Å². The molecule has 22 heavy (non-hydrogen) atoms. The molecule has 0 fully saturated rings. The van der Waals surface area contributed by atoms with Crippen molar-refractivity contribution in [2.24, 2.45) is 0 Å². The van der Waals surface area contributed by atoms with E-state index in [1.54, 1.807) is 0 Å². The number of carbonyl (C=O) groups is 1. The molecule has 6 nitrogen and oxygen atoms in total. The van der Waals surface area contributed by atoms with E-state index in [0.29, 0.717) is 5.01 Å². The van der Waals surface area contributed by atoms with Gasteiger partial charge in [0.15, 0.2) is 0 Å². The number of hydrogen-bond acceptors (Lipinski definition) is 6. The number of aromatic nitrogens is 1. The molecule has 8 heteroatoms. The predicted molar refractivity (Wildman–Crippen MR) is 87.1 cm³/mol. The number of nitrogens with zero attached hydrogens (tertiary/aromatic N) is 1. The van der Waals surface area contributed by atoms with Crippen molar-refractivity contribution < 1.29 is 17.9 Å². The zero-order valence-electron chi connectivity index (χ0n) is 12.1. The molecule has 0 saturated heterocycles. The normalized spacial score (nSPS) is 13.5. The maximum atomic E-state index is 11.8. The van der Waals surface area contributed by atoms with Gasteiger partial charge in [-0.3, -0.25) is 4.79 Å². The molecule has 1 unspecified atom stereocenters. The number of methoxy groups -OCH3 is 1. The molecule has 0 aliphatic rings. The van der Waals surface area contributed by atoms with Crippen molar-refractivity contribution in [3.05, 3.63) is 35.3 Å². The van der Waals surface area contributed by atoms with Crippen molar-refractivity contribution in [1.29, 1.82) is 0 Å². The summed E-state index contributed by atoms with van der Waals surface area (Å²) in [7, 11) is -2.34. The fourth-order valence-corrected chi connectivity index (χ4v) is 3.44. The van der Waals surface area contributed by atoms with Crippen LogP contribution in [0.4, 0.5) is 0 Å². The number of ether oxygens (including phenoxy) is 1. The van der Waals surface area contributed by atoms with E-state index < -0.39 is 21.2 Å². The Morgan fingerprint density at radius 2 is 2.18 bits per heavy atom. The number of carbonyl (C=O) groups excluding carboxylic acids is 1. The molecule has 1 N–H and O–H groups in total. The summed E-state index contributed by atoms with van der Waals surface area (Å²) in [6.07, 6.45) is 2.66. The minimum atomic E-state index is -3.74. The molecule has 1 aromatic carbocycles. The van der Waals surface area contributed by atoms with Crippen LogP contribution < -0.4 is 4.72 Å². The first-order chi connectivity index (χ1) is 10.4. The number of para-hydroxylation sites is 1. The molecule has 0 bridgehead atoms. The van der Waals surface area contributed by atoms with Gasteiger partial charge in [-0.25, -0.2) is 18.1 Å². The Bertz CT molecular complexity index is 763. The first kappa shape index (κ1) is 16.6. The van der Waals surface area contributed by atoms with E-state index in [0.717, 1.165) is 16.3 Å². The van der Waals surface area contributed by atoms with Crippen LogP contribution in [-0.4, -0.2) is 38.3 Å². The second kappa shape index (κ2) is 6.99. The molecule has 0 aliphatic carbocycles. The Kier molecular flexibility index (Phi) is 5.28. The quantitative estimate of drug-likeness (QED) is 0.810. The molecule has 1 atom stereocenters. The van der Waals surface area contributed by atoms with E-state index in [-0.39, 0.29) is 6.61 Å². The minimum absolute atomic E-state index is 0.0181. The van der Waals surface area contributed by atoms with Crippen molar-refractivity contribution in [1.82, 2.24) is 9.71 Å². The van der Waals surface area contributed by atoms with Crippen LogP contribution in [0.2, 0.25) is 0 Å². The van der Waals surface area contributed by atoms with Crippen molar-refractivity contribution in [2.45, 2.75) is 12.2 Å². The van der Waals surface area contributed by atoms with Gasteiger partial charge in [0, 0.05) is 13.2 Å². The average molecular weight is 340 g/mol. The van der Waals surface area contributed by atoms with Crippen LogP contribution in [0.1, 0.15) is 11.9 Å². The molecule has 0 radical (unpaired) electrons. The van der Waals surface area contributed by atoms with Crippen molar-refractivity contribution in [3.8, 4) is 0 Å². The number of rotatable bonds is 6. The van der Waals surface area contributed by atoms with Gasteiger partial charge >= 0.3 is 0 Å². The number of nitrogens with one attached hydrogen (secondary N) is 1. The zero-order valence-corrected chi connectivity index (χ0v) is 13.8. The SMILES string of the molecule is COCC(C)S(=O)(=O)NC(=O)/C=C/c1nc2ccccc2s1.